The average Bonchev–Trinajstić information content (AvgIpc) is 3.55. The van der Waals surface area contributed by atoms with Gasteiger partial charge in [-0.15, -0.1) is 0 Å². The van der Waals surface area contributed by atoms with Crippen molar-refractivity contribution in [1.82, 2.24) is 25.5 Å². The van der Waals surface area contributed by atoms with E-state index in [-0.39, 0.29) is 19.4 Å². The molecule has 1 aliphatic heterocycles. The first-order valence-corrected chi connectivity index (χ1v) is 11.3. The third kappa shape index (κ3) is 6.87. The lowest BCUT2D eigenvalue weighted by Crippen LogP contribution is -2.57. The summed E-state index contributed by atoms with van der Waals surface area (Å²) in [6.07, 6.45) is 3.96. The smallest absolute Gasteiger partial charge is 0.326 e. The number of amides is 3. The molecule has 0 spiro atoms. The van der Waals surface area contributed by atoms with Gasteiger partial charge in [0.2, 0.25) is 17.7 Å². The van der Waals surface area contributed by atoms with Crippen molar-refractivity contribution < 1.29 is 29.4 Å². The summed E-state index contributed by atoms with van der Waals surface area (Å²) in [5.74, 6) is -2.96. The van der Waals surface area contributed by atoms with Crippen LogP contribution in [-0.4, -0.2) is 86.1 Å². The second kappa shape index (κ2) is 12.1. The molecule has 4 unspecified atom stereocenters. The lowest BCUT2D eigenvalue weighted by atomic mass is 10.0. The number of aromatic amines is 1. The number of likely N-dealkylation sites (tertiary alicyclic amines) is 1. The van der Waals surface area contributed by atoms with Gasteiger partial charge >= 0.3 is 5.97 Å². The quantitative estimate of drug-likeness (QED) is 0.222. The van der Waals surface area contributed by atoms with Crippen LogP contribution in [0.15, 0.2) is 42.9 Å². The normalized spacial score (nSPS) is 17.9. The molecule has 1 fully saturated rings. The monoisotopic (exact) mass is 486 g/mol. The summed E-state index contributed by atoms with van der Waals surface area (Å²) >= 11 is 0. The maximum Gasteiger partial charge on any atom is 0.326 e. The van der Waals surface area contributed by atoms with Crippen LogP contribution in [0.2, 0.25) is 0 Å². The zero-order chi connectivity index (χ0) is 25.4. The molecule has 1 aliphatic rings. The van der Waals surface area contributed by atoms with Crippen molar-refractivity contribution in [3.63, 3.8) is 0 Å². The van der Waals surface area contributed by atoms with Crippen LogP contribution in [0.1, 0.15) is 24.1 Å². The minimum Gasteiger partial charge on any atom is -0.480 e. The Morgan fingerprint density at radius 1 is 1.14 bits per heavy atom. The molecular formula is C23H30N6O6. The number of nitrogens with two attached hydrogens (primary N) is 1. The van der Waals surface area contributed by atoms with Crippen LogP contribution in [0.4, 0.5) is 0 Å². The lowest BCUT2D eigenvalue weighted by Gasteiger charge is -2.30. The molecule has 2 heterocycles. The number of aliphatic carboxylic acids is 1. The van der Waals surface area contributed by atoms with E-state index < -0.39 is 54.5 Å². The Morgan fingerprint density at radius 3 is 2.51 bits per heavy atom. The standard InChI is InChI=1S/C23H30N6O6/c24-16(12-30)20(31)27-17(9-14-5-2-1-3-6-14)22(33)29-8-4-7-19(29)21(32)28-18(23(34)35)10-15-11-25-13-26-15/h1-3,5-6,11,13,16-19,30H,4,7-10,12,24H2,(H,25,26)(H,27,31)(H,28,32)(H,34,35). The van der Waals surface area contributed by atoms with Gasteiger partial charge in [0.15, 0.2) is 0 Å². The van der Waals surface area contributed by atoms with Crippen molar-refractivity contribution in [3.8, 4) is 0 Å². The first-order valence-electron chi connectivity index (χ1n) is 11.3. The van der Waals surface area contributed by atoms with Crippen LogP contribution in [-0.2, 0) is 32.0 Å². The highest BCUT2D eigenvalue weighted by molar-refractivity contribution is 5.94. The van der Waals surface area contributed by atoms with E-state index in [2.05, 4.69) is 20.6 Å². The summed E-state index contributed by atoms with van der Waals surface area (Å²) in [5, 5.41) is 23.9. The van der Waals surface area contributed by atoms with Crippen LogP contribution in [0, 0.1) is 0 Å². The number of rotatable bonds is 11. The fraction of sp³-hybridized carbons (Fsp3) is 0.435. The summed E-state index contributed by atoms with van der Waals surface area (Å²) in [6.45, 7) is -0.303. The molecule has 0 radical (unpaired) electrons. The number of nitrogens with zero attached hydrogens (tertiary/aromatic N) is 2. The number of H-pyrrole nitrogens is 1. The number of aliphatic hydroxyl groups is 1. The third-order valence-corrected chi connectivity index (χ3v) is 5.86. The number of carbonyl (C=O) groups is 4. The van der Waals surface area contributed by atoms with E-state index in [1.165, 1.54) is 17.4 Å². The van der Waals surface area contributed by atoms with Crippen LogP contribution >= 0.6 is 0 Å². The zero-order valence-electron chi connectivity index (χ0n) is 19.1. The molecule has 2 aromatic rings. The van der Waals surface area contributed by atoms with Crippen molar-refractivity contribution >= 4 is 23.7 Å². The van der Waals surface area contributed by atoms with Gasteiger partial charge in [-0.1, -0.05) is 30.3 Å². The molecule has 3 rings (SSSR count). The average molecular weight is 487 g/mol. The van der Waals surface area contributed by atoms with Crippen LogP contribution in [0.3, 0.4) is 0 Å². The SMILES string of the molecule is NC(CO)C(=O)NC(Cc1ccccc1)C(=O)N1CCCC1C(=O)NC(Cc1cnc[nH]1)C(=O)O. The molecule has 12 nitrogen and oxygen atoms in total. The van der Waals surface area contributed by atoms with Crippen LogP contribution in [0.5, 0.6) is 0 Å². The van der Waals surface area contributed by atoms with E-state index >= 15 is 0 Å². The van der Waals surface area contributed by atoms with Crippen LogP contribution < -0.4 is 16.4 Å². The number of imidazole rings is 1. The van der Waals surface area contributed by atoms with Gasteiger partial charge in [0.05, 0.1) is 12.9 Å². The fourth-order valence-corrected chi connectivity index (χ4v) is 4.00. The van der Waals surface area contributed by atoms with Gasteiger partial charge in [-0.2, -0.15) is 0 Å². The molecule has 1 aromatic carbocycles. The predicted octanol–water partition coefficient (Wildman–Crippen LogP) is -1.44. The van der Waals surface area contributed by atoms with E-state index in [1.54, 1.807) is 24.3 Å². The Hall–Kier alpha value is -3.77. The molecular weight excluding hydrogens is 456 g/mol. The number of aliphatic hydroxyl groups excluding tert-OH is 1. The first-order chi connectivity index (χ1) is 16.8. The second-order valence-corrected chi connectivity index (χ2v) is 8.41. The van der Waals surface area contributed by atoms with Crippen molar-refractivity contribution in [2.45, 2.75) is 49.9 Å². The van der Waals surface area contributed by atoms with Crippen LogP contribution in [0.25, 0.3) is 0 Å². The van der Waals surface area contributed by atoms with E-state index in [9.17, 15) is 29.4 Å². The van der Waals surface area contributed by atoms with Gasteiger partial charge in [-0.05, 0) is 18.4 Å². The minimum absolute atomic E-state index is 0.00742. The van der Waals surface area contributed by atoms with Gasteiger partial charge in [-0.3, -0.25) is 14.4 Å². The van der Waals surface area contributed by atoms with Gasteiger partial charge in [0.25, 0.3) is 0 Å². The highest BCUT2D eigenvalue weighted by atomic mass is 16.4. The molecule has 12 heteroatoms. The highest BCUT2D eigenvalue weighted by Gasteiger charge is 2.39. The van der Waals surface area contributed by atoms with Crippen molar-refractivity contribution in [2.24, 2.45) is 5.73 Å². The summed E-state index contributed by atoms with van der Waals surface area (Å²) in [4.78, 5) is 58.6. The zero-order valence-corrected chi connectivity index (χ0v) is 19.1. The largest absolute Gasteiger partial charge is 0.480 e. The highest BCUT2D eigenvalue weighted by Crippen LogP contribution is 2.20. The number of carboxylic acid groups (broad SMARTS) is 1. The maximum atomic E-state index is 13.5. The van der Waals surface area contributed by atoms with E-state index in [0.717, 1.165) is 5.56 Å². The van der Waals surface area contributed by atoms with Gasteiger partial charge < -0.3 is 36.5 Å². The Morgan fingerprint density at radius 2 is 1.89 bits per heavy atom. The van der Waals surface area contributed by atoms with Crippen molar-refractivity contribution in [3.05, 3.63) is 54.1 Å². The summed E-state index contributed by atoms with van der Waals surface area (Å²) < 4.78 is 0. The number of aromatic nitrogens is 2. The molecule has 3 amide bonds. The number of hydrogen-bond donors (Lipinski definition) is 6. The lowest BCUT2D eigenvalue weighted by molar-refractivity contribution is -0.145. The predicted molar refractivity (Wildman–Crippen MR) is 124 cm³/mol. The van der Waals surface area contributed by atoms with E-state index in [1.807, 2.05) is 6.07 Å². The number of carbonyl (C=O) groups excluding carboxylic acids is 3. The summed E-state index contributed by atoms with van der Waals surface area (Å²) in [6, 6.07) is 4.73. The van der Waals surface area contributed by atoms with Gasteiger partial charge in [0.1, 0.15) is 24.2 Å². The molecule has 188 valence electrons. The van der Waals surface area contributed by atoms with E-state index in [4.69, 9.17) is 5.73 Å². The number of carboxylic acids is 1. The van der Waals surface area contributed by atoms with E-state index in [0.29, 0.717) is 18.5 Å². The topological polar surface area (TPSA) is 191 Å². The van der Waals surface area contributed by atoms with Crippen molar-refractivity contribution in [1.29, 1.82) is 0 Å². The Bertz CT molecular complexity index is 1010. The fourth-order valence-electron chi connectivity index (χ4n) is 4.00. The molecule has 0 bridgehead atoms. The Labute approximate surface area is 201 Å². The third-order valence-electron chi connectivity index (χ3n) is 5.86. The molecule has 1 aromatic heterocycles. The van der Waals surface area contributed by atoms with Gasteiger partial charge in [0, 0.05) is 31.3 Å². The second-order valence-electron chi connectivity index (χ2n) is 8.41. The molecule has 1 saturated heterocycles. The molecule has 7 N–H and O–H groups in total. The molecule has 0 saturated carbocycles. The van der Waals surface area contributed by atoms with Gasteiger partial charge in [-0.25, -0.2) is 9.78 Å². The number of benzene rings is 1. The first kappa shape index (κ1) is 25.8. The maximum absolute atomic E-state index is 13.5. The Balaban J connectivity index is 1.74. The molecule has 35 heavy (non-hydrogen) atoms. The number of hydrogen-bond acceptors (Lipinski definition) is 7. The Kier molecular flexibility index (Phi) is 8.92. The number of nitrogens with one attached hydrogen (secondary N) is 3. The minimum atomic E-state index is -1.21. The summed E-state index contributed by atoms with van der Waals surface area (Å²) in [5.41, 5.74) is 6.94. The molecule has 0 aliphatic carbocycles. The summed E-state index contributed by atoms with van der Waals surface area (Å²) in [7, 11) is 0. The molecule has 4 atom stereocenters. The van der Waals surface area contributed by atoms with Crippen molar-refractivity contribution in [2.75, 3.05) is 13.2 Å².